The van der Waals surface area contributed by atoms with Gasteiger partial charge in [-0.3, -0.25) is 9.58 Å². The van der Waals surface area contributed by atoms with Crippen LogP contribution in [0.5, 0.6) is 5.88 Å². The van der Waals surface area contributed by atoms with E-state index in [0.717, 1.165) is 36.6 Å². The van der Waals surface area contributed by atoms with E-state index in [0.29, 0.717) is 37.7 Å². The fourth-order valence-electron chi connectivity index (χ4n) is 6.17. The van der Waals surface area contributed by atoms with Gasteiger partial charge >= 0.3 is 12.1 Å². The summed E-state index contributed by atoms with van der Waals surface area (Å²) in [5.74, 6) is 0.342. The maximum Gasteiger partial charge on any atom is 0.414 e. The lowest BCUT2D eigenvalue weighted by atomic mass is 9.94. The Balaban J connectivity index is 1.21. The average Bonchev–Trinajstić information content (AvgIpc) is 3.33. The van der Waals surface area contributed by atoms with Crippen molar-refractivity contribution in [2.75, 3.05) is 19.7 Å². The molecule has 0 saturated carbocycles. The van der Waals surface area contributed by atoms with Crippen molar-refractivity contribution in [2.45, 2.75) is 82.8 Å². The SMILES string of the molecule is CC(C1CN(C(N)=O)CCO1)N1[C@@H]2CC[C@H]1C[C@H](NC(=O)Oc1nn(C(C)C)c3ccccc13)C2. The highest BCUT2D eigenvalue weighted by atomic mass is 16.6. The number of nitrogens with two attached hydrogens (primary N) is 1. The number of nitrogens with one attached hydrogen (secondary N) is 1. The lowest BCUT2D eigenvalue weighted by Crippen LogP contribution is -2.60. The number of benzene rings is 1. The minimum atomic E-state index is -0.456. The molecule has 3 aliphatic rings. The first kappa shape index (κ1) is 23.9. The van der Waals surface area contributed by atoms with Crippen molar-refractivity contribution in [3.63, 3.8) is 0 Å². The van der Waals surface area contributed by atoms with Gasteiger partial charge in [0.25, 0.3) is 5.88 Å². The van der Waals surface area contributed by atoms with Crippen LogP contribution >= 0.6 is 0 Å². The number of carbonyl (C=O) groups is 2. The third kappa shape index (κ3) is 4.69. The van der Waals surface area contributed by atoms with Gasteiger partial charge in [0.15, 0.2) is 0 Å². The molecule has 3 aliphatic heterocycles. The molecule has 2 aromatic rings. The summed E-state index contributed by atoms with van der Waals surface area (Å²) in [6.45, 7) is 7.87. The first-order chi connectivity index (χ1) is 16.8. The van der Waals surface area contributed by atoms with Crippen LogP contribution < -0.4 is 15.8 Å². The lowest BCUT2D eigenvalue weighted by molar-refractivity contribution is -0.0732. The summed E-state index contributed by atoms with van der Waals surface area (Å²) in [5.41, 5.74) is 6.45. The molecule has 3 amide bonds. The van der Waals surface area contributed by atoms with Crippen molar-refractivity contribution in [1.82, 2.24) is 24.9 Å². The van der Waals surface area contributed by atoms with E-state index in [9.17, 15) is 9.59 Å². The molecule has 3 fully saturated rings. The predicted molar refractivity (Wildman–Crippen MR) is 131 cm³/mol. The highest BCUT2D eigenvalue weighted by Crippen LogP contribution is 2.38. The van der Waals surface area contributed by atoms with Gasteiger partial charge in [0.2, 0.25) is 0 Å². The van der Waals surface area contributed by atoms with Crippen LogP contribution in [0.25, 0.3) is 10.9 Å². The predicted octanol–water partition coefficient (Wildman–Crippen LogP) is 2.87. The molecule has 2 bridgehead atoms. The zero-order valence-corrected chi connectivity index (χ0v) is 20.7. The van der Waals surface area contributed by atoms with Crippen LogP contribution in [0.4, 0.5) is 9.59 Å². The van der Waals surface area contributed by atoms with Gasteiger partial charge in [-0.1, -0.05) is 12.1 Å². The highest BCUT2D eigenvalue weighted by Gasteiger charge is 2.46. The molecule has 0 spiro atoms. The number of ether oxygens (including phenoxy) is 2. The zero-order chi connectivity index (χ0) is 24.7. The van der Waals surface area contributed by atoms with Gasteiger partial charge in [-0.05, 0) is 58.6 Å². The van der Waals surface area contributed by atoms with Gasteiger partial charge in [0.1, 0.15) is 0 Å². The Labute approximate surface area is 205 Å². The number of fused-ring (bicyclic) bond motifs is 3. The van der Waals surface area contributed by atoms with E-state index < -0.39 is 6.09 Å². The Morgan fingerprint density at radius 1 is 1.17 bits per heavy atom. The zero-order valence-electron chi connectivity index (χ0n) is 20.7. The van der Waals surface area contributed by atoms with Crippen molar-refractivity contribution in [2.24, 2.45) is 5.73 Å². The molecule has 1 aromatic heterocycles. The van der Waals surface area contributed by atoms with E-state index >= 15 is 0 Å². The minimum Gasteiger partial charge on any atom is -0.389 e. The third-order valence-corrected chi connectivity index (χ3v) is 7.78. The summed E-state index contributed by atoms with van der Waals surface area (Å²) >= 11 is 0. The van der Waals surface area contributed by atoms with E-state index in [1.807, 2.05) is 28.9 Å². The van der Waals surface area contributed by atoms with Crippen LogP contribution in [-0.4, -0.2) is 81.7 Å². The van der Waals surface area contributed by atoms with E-state index in [1.54, 1.807) is 4.90 Å². The molecule has 3 N–H and O–H groups in total. The van der Waals surface area contributed by atoms with Crippen molar-refractivity contribution in [1.29, 1.82) is 0 Å². The Kier molecular flexibility index (Phi) is 6.59. The summed E-state index contributed by atoms with van der Waals surface area (Å²) in [6, 6.07) is 8.52. The lowest BCUT2D eigenvalue weighted by Gasteiger charge is -2.46. The molecule has 3 saturated heterocycles. The first-order valence-electron chi connectivity index (χ1n) is 12.7. The largest absolute Gasteiger partial charge is 0.414 e. The number of morpholine rings is 1. The molecule has 4 heterocycles. The second kappa shape index (κ2) is 9.66. The van der Waals surface area contributed by atoms with Crippen LogP contribution in [0.2, 0.25) is 0 Å². The molecule has 5 atom stereocenters. The number of aromatic nitrogens is 2. The number of urea groups is 1. The average molecular weight is 485 g/mol. The van der Waals surface area contributed by atoms with Crippen LogP contribution in [0, 0.1) is 0 Å². The van der Waals surface area contributed by atoms with Crippen LogP contribution in [0.15, 0.2) is 24.3 Å². The maximum atomic E-state index is 12.8. The molecule has 35 heavy (non-hydrogen) atoms. The molecular weight excluding hydrogens is 448 g/mol. The number of rotatable bonds is 5. The number of nitrogens with zero attached hydrogens (tertiary/aromatic N) is 4. The van der Waals surface area contributed by atoms with Gasteiger partial charge in [-0.15, -0.1) is 5.10 Å². The van der Waals surface area contributed by atoms with E-state index in [-0.39, 0.29) is 30.3 Å². The quantitative estimate of drug-likeness (QED) is 0.674. The molecule has 0 radical (unpaired) electrons. The Morgan fingerprint density at radius 3 is 2.57 bits per heavy atom. The van der Waals surface area contributed by atoms with Gasteiger partial charge in [0.05, 0.1) is 30.2 Å². The minimum absolute atomic E-state index is 0.0521. The van der Waals surface area contributed by atoms with E-state index in [4.69, 9.17) is 15.2 Å². The van der Waals surface area contributed by atoms with Gasteiger partial charge in [0, 0.05) is 36.8 Å². The molecule has 2 unspecified atom stereocenters. The van der Waals surface area contributed by atoms with E-state index in [1.165, 1.54) is 0 Å². The molecule has 10 nitrogen and oxygen atoms in total. The Morgan fingerprint density at radius 2 is 1.89 bits per heavy atom. The number of amides is 3. The van der Waals surface area contributed by atoms with E-state index in [2.05, 4.69) is 36.1 Å². The first-order valence-corrected chi connectivity index (χ1v) is 12.7. The number of piperidine rings is 1. The van der Waals surface area contributed by atoms with Crippen molar-refractivity contribution < 1.29 is 19.1 Å². The summed E-state index contributed by atoms with van der Waals surface area (Å²) in [6.07, 6.45) is 3.41. The molecule has 10 heteroatoms. The second-order valence-electron chi connectivity index (χ2n) is 10.3. The van der Waals surface area contributed by atoms with Crippen molar-refractivity contribution in [3.05, 3.63) is 24.3 Å². The maximum absolute atomic E-state index is 12.8. The van der Waals surface area contributed by atoms with Gasteiger partial charge in [-0.25, -0.2) is 9.59 Å². The molecule has 5 rings (SSSR count). The number of hydrogen-bond acceptors (Lipinski definition) is 6. The number of primary amides is 1. The number of para-hydroxylation sites is 1. The molecular formula is C25H36N6O4. The molecule has 1 aromatic carbocycles. The number of hydrogen-bond donors (Lipinski definition) is 2. The standard InChI is InChI=1S/C25H36N6O4/c1-15(2)31-21-7-5-4-6-20(21)23(28-31)35-25(33)27-17-12-18-8-9-19(13-17)30(18)16(3)22-14-29(24(26)32)10-11-34-22/h4-7,15-19,22H,8-14H2,1-3H3,(H2,26,32)(H,27,33)/t16?,17-,18-,19+,22?. The number of carbonyl (C=O) groups excluding carboxylic acids is 2. The smallest absolute Gasteiger partial charge is 0.389 e. The third-order valence-electron chi connectivity index (χ3n) is 7.78. The summed E-state index contributed by atoms with van der Waals surface area (Å²) in [4.78, 5) is 28.7. The summed E-state index contributed by atoms with van der Waals surface area (Å²) < 4.78 is 13.6. The van der Waals surface area contributed by atoms with Crippen molar-refractivity contribution >= 4 is 23.0 Å². The molecule has 190 valence electrons. The monoisotopic (exact) mass is 484 g/mol. The fourth-order valence-corrected chi connectivity index (χ4v) is 6.17. The highest BCUT2D eigenvalue weighted by molar-refractivity contribution is 5.87. The van der Waals surface area contributed by atoms with Crippen LogP contribution in [0.1, 0.15) is 52.5 Å². The van der Waals surface area contributed by atoms with Crippen molar-refractivity contribution in [3.8, 4) is 5.88 Å². The van der Waals surface area contributed by atoms with Gasteiger partial charge in [-0.2, -0.15) is 0 Å². The Bertz CT molecular complexity index is 1070. The fraction of sp³-hybridized carbons (Fsp3) is 0.640. The summed E-state index contributed by atoms with van der Waals surface area (Å²) in [7, 11) is 0. The molecule has 0 aliphatic carbocycles. The van der Waals surface area contributed by atoms with Gasteiger partial charge < -0.3 is 25.4 Å². The van der Waals surface area contributed by atoms with Crippen LogP contribution in [-0.2, 0) is 4.74 Å². The van der Waals surface area contributed by atoms with Crippen LogP contribution in [0.3, 0.4) is 0 Å². The Hall–Kier alpha value is -2.85. The second-order valence-corrected chi connectivity index (χ2v) is 10.3. The topological polar surface area (TPSA) is 115 Å². The summed E-state index contributed by atoms with van der Waals surface area (Å²) in [5, 5.41) is 8.47. The normalized spacial score (nSPS) is 27.8.